The number of halogens is 1. The molecule has 2 aromatic rings. The lowest BCUT2D eigenvalue weighted by Crippen LogP contribution is -2.65. The Labute approximate surface area is 168 Å². The number of carbonyl (C=O) groups is 3. The Balaban J connectivity index is 1.96. The number of esters is 1. The summed E-state index contributed by atoms with van der Waals surface area (Å²) in [5.41, 5.74) is -1.93. The molecule has 142 valence electrons. The van der Waals surface area contributed by atoms with E-state index in [-0.39, 0.29) is 11.1 Å². The van der Waals surface area contributed by atoms with Crippen molar-refractivity contribution in [2.24, 2.45) is 5.92 Å². The van der Waals surface area contributed by atoms with E-state index in [1.807, 2.05) is 0 Å². The summed E-state index contributed by atoms with van der Waals surface area (Å²) in [7, 11) is 0. The number of hydrogen-bond acceptors (Lipinski definition) is 6. The number of fused-ring (bicyclic) bond motifs is 1. The fraction of sp³-hybridized carbons (Fsp3) is 0.250. The van der Waals surface area contributed by atoms with Gasteiger partial charge in [-0.2, -0.15) is 0 Å². The molecule has 1 fully saturated rings. The van der Waals surface area contributed by atoms with Crippen LogP contribution in [0.2, 0.25) is 0 Å². The van der Waals surface area contributed by atoms with Gasteiger partial charge in [0.15, 0.2) is 0 Å². The highest BCUT2D eigenvalue weighted by atomic mass is 79.9. The molecule has 7 nitrogen and oxygen atoms in total. The van der Waals surface area contributed by atoms with Crippen molar-refractivity contribution in [3.63, 3.8) is 0 Å². The van der Waals surface area contributed by atoms with Gasteiger partial charge in [-0.05, 0) is 17.7 Å². The van der Waals surface area contributed by atoms with Crippen LogP contribution in [0.1, 0.15) is 39.1 Å². The molecule has 1 aliphatic carbocycles. The summed E-state index contributed by atoms with van der Waals surface area (Å²) in [4.78, 5) is 50.5. The van der Waals surface area contributed by atoms with Gasteiger partial charge in [-0.15, -0.1) is 0 Å². The van der Waals surface area contributed by atoms with Crippen molar-refractivity contribution in [2.75, 3.05) is 0 Å². The average molecular weight is 444 g/mol. The van der Waals surface area contributed by atoms with Gasteiger partial charge >= 0.3 is 11.6 Å². The first-order chi connectivity index (χ1) is 13.3. The van der Waals surface area contributed by atoms with E-state index in [1.165, 1.54) is 19.1 Å². The molecular weight excluding hydrogens is 430 g/mol. The van der Waals surface area contributed by atoms with Crippen molar-refractivity contribution < 1.29 is 24.0 Å². The molecule has 0 bridgehead atoms. The van der Waals surface area contributed by atoms with Gasteiger partial charge < -0.3 is 4.74 Å². The van der Waals surface area contributed by atoms with Gasteiger partial charge in [0, 0.05) is 20.5 Å². The minimum atomic E-state index is -2.48. The van der Waals surface area contributed by atoms with E-state index < -0.39 is 45.9 Å². The van der Waals surface area contributed by atoms with Crippen LogP contribution < -0.4 is 0 Å². The molecule has 0 unspecified atom stereocenters. The molecule has 8 heteroatoms. The number of hydrogen-bond donors (Lipinski definition) is 0. The van der Waals surface area contributed by atoms with E-state index in [2.05, 4.69) is 15.9 Å². The molecule has 4 rings (SSSR count). The molecule has 0 aromatic heterocycles. The van der Waals surface area contributed by atoms with Gasteiger partial charge in [-0.1, -0.05) is 59.3 Å². The van der Waals surface area contributed by atoms with Crippen LogP contribution >= 0.6 is 15.9 Å². The smallest absolute Gasteiger partial charge is 0.311 e. The molecule has 0 N–H and O–H groups in total. The van der Waals surface area contributed by atoms with Crippen molar-refractivity contribution in [3.8, 4) is 0 Å². The van der Waals surface area contributed by atoms with Gasteiger partial charge in [0.05, 0.1) is 11.8 Å². The first-order valence-electron chi connectivity index (χ1n) is 8.59. The second-order valence-corrected chi connectivity index (χ2v) is 7.88. The second-order valence-electron chi connectivity index (χ2n) is 6.96. The van der Waals surface area contributed by atoms with E-state index in [4.69, 9.17) is 4.74 Å². The summed E-state index contributed by atoms with van der Waals surface area (Å²) < 4.78 is 5.98. The molecule has 2 aliphatic rings. The monoisotopic (exact) mass is 443 g/mol. The normalized spacial score (nSPS) is 25.5. The van der Waals surface area contributed by atoms with Crippen molar-refractivity contribution >= 4 is 33.5 Å². The maximum absolute atomic E-state index is 13.2. The average Bonchev–Trinajstić information content (AvgIpc) is 2.87. The Morgan fingerprint density at radius 1 is 1.04 bits per heavy atom. The highest BCUT2D eigenvalue weighted by molar-refractivity contribution is 9.10. The van der Waals surface area contributed by atoms with Crippen molar-refractivity contribution in [1.29, 1.82) is 0 Å². The molecule has 0 amide bonds. The van der Waals surface area contributed by atoms with Crippen LogP contribution in [0, 0.1) is 16.0 Å². The van der Waals surface area contributed by atoms with Crippen LogP contribution in [0.15, 0.2) is 53.0 Å². The Morgan fingerprint density at radius 3 is 2.18 bits per heavy atom. The van der Waals surface area contributed by atoms with E-state index in [9.17, 15) is 24.5 Å². The Bertz CT molecular complexity index is 1010. The van der Waals surface area contributed by atoms with Gasteiger partial charge in [-0.3, -0.25) is 24.5 Å². The van der Waals surface area contributed by atoms with Crippen LogP contribution in [-0.2, 0) is 9.53 Å². The molecule has 2 aromatic carbocycles. The van der Waals surface area contributed by atoms with Crippen molar-refractivity contribution in [1.82, 2.24) is 0 Å². The van der Waals surface area contributed by atoms with E-state index in [1.54, 1.807) is 36.4 Å². The zero-order chi connectivity index (χ0) is 20.2. The quantitative estimate of drug-likeness (QED) is 0.305. The van der Waals surface area contributed by atoms with Crippen LogP contribution in [0.3, 0.4) is 0 Å². The lowest BCUT2D eigenvalue weighted by atomic mass is 9.70. The van der Waals surface area contributed by atoms with Crippen LogP contribution in [-0.4, -0.2) is 34.1 Å². The van der Waals surface area contributed by atoms with E-state index in [0.717, 1.165) is 0 Å². The maximum atomic E-state index is 13.2. The standard InChI is InChI=1S/C20H14BrNO6/c1-10-15(11-5-4-6-12(21)9-11)16(22(26)27)20(28-19(10)25)17(23)13-7-2-3-8-14(13)18(20)24/h2-10,15-16H,1H3/t10-,15+,16+/m1/s1. The van der Waals surface area contributed by atoms with Gasteiger partial charge in [0.2, 0.25) is 11.6 Å². The number of rotatable bonds is 2. The number of nitrogens with zero attached hydrogens (tertiary/aromatic N) is 1. The lowest BCUT2D eigenvalue weighted by Gasteiger charge is -2.40. The highest BCUT2D eigenvalue weighted by Gasteiger charge is 2.72. The van der Waals surface area contributed by atoms with Gasteiger partial charge in [-0.25, -0.2) is 0 Å². The van der Waals surface area contributed by atoms with Crippen LogP contribution in [0.25, 0.3) is 0 Å². The molecule has 1 heterocycles. The molecule has 0 saturated carbocycles. The highest BCUT2D eigenvalue weighted by Crippen LogP contribution is 2.48. The summed E-state index contributed by atoms with van der Waals surface area (Å²) in [6, 6.07) is 10.9. The van der Waals surface area contributed by atoms with E-state index in [0.29, 0.717) is 10.0 Å². The fourth-order valence-corrected chi connectivity index (χ4v) is 4.61. The minimum absolute atomic E-state index is 0.0368. The predicted molar refractivity (Wildman–Crippen MR) is 101 cm³/mol. The number of nitro groups is 1. The Morgan fingerprint density at radius 2 is 1.64 bits per heavy atom. The van der Waals surface area contributed by atoms with Gasteiger partial charge in [0.25, 0.3) is 6.04 Å². The molecule has 1 saturated heterocycles. The third kappa shape index (κ3) is 2.37. The van der Waals surface area contributed by atoms with Gasteiger partial charge in [0.1, 0.15) is 0 Å². The lowest BCUT2D eigenvalue weighted by molar-refractivity contribution is -0.544. The maximum Gasteiger partial charge on any atom is 0.311 e. The zero-order valence-electron chi connectivity index (χ0n) is 14.6. The van der Waals surface area contributed by atoms with Crippen molar-refractivity contribution in [2.45, 2.75) is 24.5 Å². The molecule has 1 aliphatic heterocycles. The predicted octanol–water partition coefficient (Wildman–Crippen LogP) is 3.19. The largest absolute Gasteiger partial charge is 0.434 e. The van der Waals surface area contributed by atoms with E-state index >= 15 is 0 Å². The molecule has 3 atom stereocenters. The third-order valence-corrected chi connectivity index (χ3v) is 5.97. The molecule has 0 radical (unpaired) electrons. The number of Topliss-reactive ketones (excluding diaryl/α,β-unsaturated/α-hetero) is 2. The summed E-state index contributed by atoms with van der Waals surface area (Å²) in [5.74, 6) is -4.39. The first kappa shape index (κ1) is 18.5. The minimum Gasteiger partial charge on any atom is -0.434 e. The first-order valence-corrected chi connectivity index (χ1v) is 9.38. The van der Waals surface area contributed by atoms with Crippen molar-refractivity contribution in [3.05, 3.63) is 79.8 Å². The number of ketones is 2. The molecule has 1 spiro atoms. The summed E-state index contributed by atoms with van der Waals surface area (Å²) in [5, 5.41) is 12.2. The number of benzene rings is 2. The number of ether oxygens (including phenoxy) is 1. The summed E-state index contributed by atoms with van der Waals surface area (Å²) in [6.07, 6.45) is 0. The Hall–Kier alpha value is -2.87. The SMILES string of the molecule is C[C@H]1C(=O)OC2(C(=O)c3ccccc3C2=O)[C@@H]([N+](=O)[O-])[C@@H]1c1cccc(Br)c1. The molecule has 28 heavy (non-hydrogen) atoms. The fourth-order valence-electron chi connectivity index (χ4n) is 4.19. The molecular formula is C20H14BrNO6. The summed E-state index contributed by atoms with van der Waals surface area (Å²) in [6.45, 7) is 1.51. The van der Waals surface area contributed by atoms with Crippen LogP contribution in [0.5, 0.6) is 0 Å². The number of carbonyl (C=O) groups excluding carboxylic acids is 3. The third-order valence-electron chi connectivity index (χ3n) is 5.48. The Kier molecular flexibility index (Phi) is 4.19. The topological polar surface area (TPSA) is 104 Å². The second kappa shape index (κ2) is 6.34. The zero-order valence-corrected chi connectivity index (χ0v) is 16.2. The summed E-state index contributed by atoms with van der Waals surface area (Å²) >= 11 is 3.32. The van der Waals surface area contributed by atoms with Crippen LogP contribution in [0.4, 0.5) is 0 Å².